The molecule has 3 nitrogen and oxygen atoms in total. The number of aromatic nitrogens is 1. The van der Waals surface area contributed by atoms with Crippen LogP contribution < -0.4 is 0 Å². The van der Waals surface area contributed by atoms with Crippen LogP contribution in [0.5, 0.6) is 0 Å². The van der Waals surface area contributed by atoms with Crippen LogP contribution in [0.15, 0.2) is 48.2 Å². The Kier molecular flexibility index (Phi) is 3.18. The van der Waals surface area contributed by atoms with E-state index in [1.54, 1.807) is 0 Å². The van der Waals surface area contributed by atoms with E-state index in [-0.39, 0.29) is 5.78 Å². The SMILES string of the molecule is Cc1cc2c(n1Cc1ccccc1)CCC(=CO)C2=O. The first-order valence-corrected chi connectivity index (χ1v) is 6.81. The summed E-state index contributed by atoms with van der Waals surface area (Å²) in [6, 6.07) is 12.2. The number of hydrogen-bond acceptors (Lipinski definition) is 2. The van der Waals surface area contributed by atoms with Crippen LogP contribution in [0.2, 0.25) is 0 Å². The maximum Gasteiger partial charge on any atom is 0.193 e. The van der Waals surface area contributed by atoms with Crippen molar-refractivity contribution in [1.29, 1.82) is 0 Å². The van der Waals surface area contributed by atoms with Crippen molar-refractivity contribution in [1.82, 2.24) is 4.57 Å². The number of fused-ring (bicyclic) bond motifs is 1. The largest absolute Gasteiger partial charge is 0.515 e. The molecule has 2 aromatic rings. The van der Waals surface area contributed by atoms with Crippen molar-refractivity contribution in [2.75, 3.05) is 0 Å². The molecule has 0 bridgehead atoms. The number of aliphatic hydroxyl groups excluding tert-OH is 1. The van der Waals surface area contributed by atoms with Crippen molar-refractivity contribution in [2.24, 2.45) is 0 Å². The summed E-state index contributed by atoms with van der Waals surface area (Å²) in [6.45, 7) is 2.81. The molecule has 102 valence electrons. The fraction of sp³-hybridized carbons (Fsp3) is 0.235. The molecule has 3 heteroatoms. The van der Waals surface area contributed by atoms with Crippen LogP contribution in [0.25, 0.3) is 0 Å². The van der Waals surface area contributed by atoms with E-state index in [4.69, 9.17) is 5.11 Å². The van der Waals surface area contributed by atoms with E-state index in [0.29, 0.717) is 12.0 Å². The molecule has 3 rings (SSSR count). The Labute approximate surface area is 118 Å². The van der Waals surface area contributed by atoms with Gasteiger partial charge in [0.25, 0.3) is 0 Å². The summed E-state index contributed by atoms with van der Waals surface area (Å²) in [6.07, 6.45) is 2.36. The number of carbonyl (C=O) groups excluding carboxylic acids is 1. The molecule has 1 heterocycles. The Morgan fingerprint density at radius 3 is 2.70 bits per heavy atom. The molecule has 0 unspecified atom stereocenters. The first-order valence-electron chi connectivity index (χ1n) is 6.81. The quantitative estimate of drug-likeness (QED) is 0.669. The zero-order valence-electron chi connectivity index (χ0n) is 11.5. The third kappa shape index (κ3) is 2.05. The number of Topliss-reactive ketones (excluding diaryl/α,β-unsaturated/α-hetero) is 1. The summed E-state index contributed by atoms with van der Waals surface area (Å²) in [5, 5.41) is 9.11. The zero-order valence-corrected chi connectivity index (χ0v) is 11.5. The lowest BCUT2D eigenvalue weighted by atomic mass is 9.92. The highest BCUT2D eigenvalue weighted by Crippen LogP contribution is 2.28. The number of benzene rings is 1. The molecule has 0 atom stereocenters. The highest BCUT2D eigenvalue weighted by molar-refractivity contribution is 6.10. The Morgan fingerprint density at radius 2 is 2.00 bits per heavy atom. The van der Waals surface area contributed by atoms with Crippen LogP contribution in [0, 0.1) is 6.92 Å². The summed E-state index contributed by atoms with van der Waals surface area (Å²) < 4.78 is 2.21. The maximum atomic E-state index is 12.2. The highest BCUT2D eigenvalue weighted by Gasteiger charge is 2.26. The summed E-state index contributed by atoms with van der Waals surface area (Å²) in [7, 11) is 0. The maximum absolute atomic E-state index is 12.2. The van der Waals surface area contributed by atoms with Gasteiger partial charge in [-0.25, -0.2) is 0 Å². The Balaban J connectivity index is 2.01. The van der Waals surface area contributed by atoms with Gasteiger partial charge in [0.15, 0.2) is 5.78 Å². The molecule has 0 spiro atoms. The average molecular weight is 267 g/mol. The lowest BCUT2D eigenvalue weighted by Gasteiger charge is -2.17. The van der Waals surface area contributed by atoms with Crippen molar-refractivity contribution < 1.29 is 9.90 Å². The number of allylic oxidation sites excluding steroid dienone is 1. The van der Waals surface area contributed by atoms with Crippen LogP contribution in [-0.4, -0.2) is 15.5 Å². The van der Waals surface area contributed by atoms with Crippen LogP contribution in [0.1, 0.15) is 33.7 Å². The molecule has 0 saturated carbocycles. The van der Waals surface area contributed by atoms with E-state index in [0.717, 1.165) is 36.2 Å². The predicted octanol–water partition coefficient (Wildman–Crippen LogP) is 3.42. The van der Waals surface area contributed by atoms with Gasteiger partial charge in [0.2, 0.25) is 0 Å². The van der Waals surface area contributed by atoms with E-state index in [1.807, 2.05) is 31.2 Å². The van der Waals surface area contributed by atoms with Crippen LogP contribution >= 0.6 is 0 Å². The third-order valence-electron chi connectivity index (χ3n) is 3.92. The van der Waals surface area contributed by atoms with Crippen molar-refractivity contribution in [3.63, 3.8) is 0 Å². The monoisotopic (exact) mass is 267 g/mol. The standard InChI is InChI=1S/C17H17NO2/c1-12-9-15-16(8-7-14(11-19)17(15)20)18(12)10-13-5-3-2-4-6-13/h2-6,9,11,19H,7-8,10H2,1H3. The number of nitrogens with zero attached hydrogens (tertiary/aromatic N) is 1. The van der Waals surface area contributed by atoms with Gasteiger partial charge in [0, 0.05) is 29.1 Å². The Morgan fingerprint density at radius 1 is 1.25 bits per heavy atom. The number of aliphatic hydroxyl groups is 1. The minimum atomic E-state index is -0.0383. The third-order valence-corrected chi connectivity index (χ3v) is 3.92. The molecular weight excluding hydrogens is 250 g/mol. The second-order valence-electron chi connectivity index (χ2n) is 5.20. The summed E-state index contributed by atoms with van der Waals surface area (Å²) in [5.74, 6) is -0.0383. The number of aryl methyl sites for hydroxylation is 1. The van der Waals surface area contributed by atoms with Crippen LogP contribution in [0.4, 0.5) is 0 Å². The van der Waals surface area contributed by atoms with Gasteiger partial charge < -0.3 is 9.67 Å². The molecule has 0 radical (unpaired) electrons. The van der Waals surface area contributed by atoms with E-state index in [2.05, 4.69) is 16.7 Å². The molecule has 1 aromatic heterocycles. The normalized spacial score (nSPS) is 16.4. The van der Waals surface area contributed by atoms with Gasteiger partial charge in [-0.15, -0.1) is 0 Å². The Bertz CT molecular complexity index is 681. The van der Waals surface area contributed by atoms with Crippen molar-refractivity contribution in [3.05, 3.63) is 70.7 Å². The summed E-state index contributed by atoms with van der Waals surface area (Å²) in [4.78, 5) is 12.2. The van der Waals surface area contributed by atoms with Crippen molar-refractivity contribution in [2.45, 2.75) is 26.3 Å². The van der Waals surface area contributed by atoms with Crippen LogP contribution in [0.3, 0.4) is 0 Å². The zero-order chi connectivity index (χ0) is 14.1. The Hall–Kier alpha value is -2.29. The highest BCUT2D eigenvalue weighted by atomic mass is 16.2. The topological polar surface area (TPSA) is 42.2 Å². The molecule has 0 aliphatic heterocycles. The molecule has 1 aliphatic rings. The first-order chi connectivity index (χ1) is 9.70. The van der Waals surface area contributed by atoms with Gasteiger partial charge in [0.1, 0.15) is 0 Å². The lowest BCUT2D eigenvalue weighted by Crippen LogP contribution is -2.16. The van der Waals surface area contributed by atoms with E-state index in [9.17, 15) is 4.79 Å². The summed E-state index contributed by atoms with van der Waals surface area (Å²) in [5.41, 5.74) is 4.65. The lowest BCUT2D eigenvalue weighted by molar-refractivity contribution is 0.102. The van der Waals surface area contributed by atoms with Gasteiger partial charge in [-0.05, 0) is 31.4 Å². The number of rotatable bonds is 2. The van der Waals surface area contributed by atoms with Crippen LogP contribution in [-0.2, 0) is 13.0 Å². The smallest absolute Gasteiger partial charge is 0.193 e. The van der Waals surface area contributed by atoms with E-state index in [1.165, 1.54) is 5.56 Å². The van der Waals surface area contributed by atoms with Gasteiger partial charge >= 0.3 is 0 Å². The summed E-state index contributed by atoms with van der Waals surface area (Å²) >= 11 is 0. The molecule has 1 aromatic carbocycles. The molecule has 0 saturated heterocycles. The van der Waals surface area contributed by atoms with Gasteiger partial charge in [-0.3, -0.25) is 4.79 Å². The minimum absolute atomic E-state index is 0.0383. The second kappa shape index (κ2) is 5.00. The average Bonchev–Trinajstić information content (AvgIpc) is 2.78. The van der Waals surface area contributed by atoms with Gasteiger partial charge in [-0.2, -0.15) is 0 Å². The van der Waals surface area contributed by atoms with Gasteiger partial charge in [-0.1, -0.05) is 30.3 Å². The minimum Gasteiger partial charge on any atom is -0.515 e. The fourth-order valence-corrected chi connectivity index (χ4v) is 2.84. The predicted molar refractivity (Wildman–Crippen MR) is 78.1 cm³/mol. The number of ketones is 1. The van der Waals surface area contributed by atoms with E-state index >= 15 is 0 Å². The first kappa shape index (κ1) is 12.7. The fourth-order valence-electron chi connectivity index (χ4n) is 2.84. The van der Waals surface area contributed by atoms with Crippen molar-refractivity contribution >= 4 is 5.78 Å². The second-order valence-corrected chi connectivity index (χ2v) is 5.20. The molecule has 0 fully saturated rings. The number of carbonyl (C=O) groups is 1. The van der Waals surface area contributed by atoms with Crippen molar-refractivity contribution in [3.8, 4) is 0 Å². The molecular formula is C17H17NO2. The molecule has 1 aliphatic carbocycles. The number of hydrogen-bond donors (Lipinski definition) is 1. The molecule has 1 N–H and O–H groups in total. The van der Waals surface area contributed by atoms with E-state index < -0.39 is 0 Å². The molecule has 0 amide bonds. The van der Waals surface area contributed by atoms with Gasteiger partial charge in [0.05, 0.1) is 6.26 Å². The molecule has 20 heavy (non-hydrogen) atoms.